The summed E-state index contributed by atoms with van der Waals surface area (Å²) >= 11 is 1.91. The number of anilines is 3. The normalized spacial score (nSPS) is 17.0. The number of allylic oxidation sites excluding steroid dienone is 5. The van der Waals surface area contributed by atoms with E-state index in [9.17, 15) is 0 Å². The fourth-order valence-electron chi connectivity index (χ4n) is 7.96. The first-order chi connectivity index (χ1) is 23.9. The molecule has 4 aromatic carbocycles. The van der Waals surface area contributed by atoms with Crippen LogP contribution in [0.2, 0.25) is 0 Å². The van der Waals surface area contributed by atoms with E-state index < -0.39 is 0 Å². The molecule has 0 spiro atoms. The number of rotatable bonds is 5. The van der Waals surface area contributed by atoms with Crippen molar-refractivity contribution in [2.45, 2.75) is 64.2 Å². The molecule has 3 aliphatic rings. The van der Waals surface area contributed by atoms with Crippen molar-refractivity contribution in [2.75, 3.05) is 4.90 Å². The zero-order valence-electron chi connectivity index (χ0n) is 28.5. The minimum absolute atomic E-state index is 0.0535. The molecule has 2 heterocycles. The maximum Gasteiger partial charge on any atom is 0.131 e. The highest BCUT2D eigenvalue weighted by molar-refractivity contribution is 7.26. The number of fused-ring (bicyclic) bond motifs is 6. The van der Waals surface area contributed by atoms with Gasteiger partial charge in [0.05, 0.1) is 10.4 Å². The lowest BCUT2D eigenvalue weighted by molar-refractivity contribution is 0.514. The number of hydrogen-bond donors (Lipinski definition) is 0. The molecule has 242 valence electrons. The Morgan fingerprint density at radius 3 is 2.33 bits per heavy atom. The second-order valence-corrected chi connectivity index (χ2v) is 15.7. The van der Waals surface area contributed by atoms with Crippen molar-refractivity contribution in [3.05, 3.63) is 148 Å². The largest absolute Gasteiger partial charge is 0.457 e. The van der Waals surface area contributed by atoms with Crippen LogP contribution < -0.4 is 15.5 Å². The second-order valence-electron chi connectivity index (χ2n) is 14.7. The van der Waals surface area contributed by atoms with Gasteiger partial charge in [0.2, 0.25) is 0 Å². The molecule has 0 radical (unpaired) electrons. The maximum absolute atomic E-state index is 6.20. The lowest BCUT2D eigenvalue weighted by Gasteiger charge is -2.27. The molecule has 2 nitrogen and oxygen atoms in total. The van der Waals surface area contributed by atoms with Crippen LogP contribution in [0.5, 0.6) is 0 Å². The third kappa shape index (κ3) is 5.32. The SMILES string of the molecule is CC(C)(C)c1cccc2sc3c(N(c4ccc(C5=CCCC=C5)cc4)c4ccc(C5C=c6c7c(oc6=CC5)C=CCC7)cc4)cccc3c12. The molecular formula is C46H41NOS. The third-order valence-corrected chi connectivity index (χ3v) is 11.6. The lowest BCUT2D eigenvalue weighted by atomic mass is 9.84. The zero-order valence-corrected chi connectivity index (χ0v) is 29.3. The summed E-state index contributed by atoms with van der Waals surface area (Å²) in [5.74, 6) is 1.38. The van der Waals surface area contributed by atoms with E-state index in [2.05, 4.69) is 153 Å². The van der Waals surface area contributed by atoms with Gasteiger partial charge in [-0.1, -0.05) is 99.7 Å². The van der Waals surface area contributed by atoms with E-state index >= 15 is 0 Å². The van der Waals surface area contributed by atoms with E-state index in [1.807, 2.05) is 11.3 Å². The summed E-state index contributed by atoms with van der Waals surface area (Å²) in [7, 11) is 0. The summed E-state index contributed by atoms with van der Waals surface area (Å²) in [5, 5.41) is 4.02. The van der Waals surface area contributed by atoms with Gasteiger partial charge in [0.1, 0.15) is 11.2 Å². The Morgan fingerprint density at radius 1 is 0.776 bits per heavy atom. The summed E-state index contributed by atoms with van der Waals surface area (Å²) in [6.07, 6.45) is 21.3. The maximum atomic E-state index is 6.20. The van der Waals surface area contributed by atoms with Crippen LogP contribution in [-0.2, 0) is 11.8 Å². The molecule has 0 saturated heterocycles. The summed E-state index contributed by atoms with van der Waals surface area (Å²) in [6.45, 7) is 6.96. The fraction of sp³-hybridized carbons (Fsp3) is 0.217. The van der Waals surface area contributed by atoms with Crippen molar-refractivity contribution in [1.82, 2.24) is 0 Å². The highest BCUT2D eigenvalue weighted by Gasteiger charge is 2.24. The Balaban J connectivity index is 1.16. The molecule has 3 heteroatoms. The van der Waals surface area contributed by atoms with Crippen LogP contribution in [0, 0.1) is 0 Å². The van der Waals surface area contributed by atoms with Crippen LogP contribution in [0.4, 0.5) is 17.1 Å². The predicted molar refractivity (Wildman–Crippen MR) is 211 cm³/mol. The molecule has 0 saturated carbocycles. The van der Waals surface area contributed by atoms with Gasteiger partial charge < -0.3 is 9.32 Å². The summed E-state index contributed by atoms with van der Waals surface area (Å²) in [4.78, 5) is 2.46. The van der Waals surface area contributed by atoms with E-state index in [1.165, 1.54) is 64.6 Å². The van der Waals surface area contributed by atoms with Crippen molar-refractivity contribution in [2.24, 2.45) is 0 Å². The molecule has 0 fully saturated rings. The summed E-state index contributed by atoms with van der Waals surface area (Å²) in [5.41, 5.74) is 11.3. The smallest absolute Gasteiger partial charge is 0.131 e. The van der Waals surface area contributed by atoms with Crippen molar-refractivity contribution in [3.8, 4) is 0 Å². The quantitative estimate of drug-likeness (QED) is 0.184. The number of benzene rings is 4. The second kappa shape index (κ2) is 11.9. The van der Waals surface area contributed by atoms with Crippen molar-refractivity contribution in [3.63, 3.8) is 0 Å². The summed E-state index contributed by atoms with van der Waals surface area (Å²) in [6, 6.07) is 32.1. The first-order valence-electron chi connectivity index (χ1n) is 17.7. The van der Waals surface area contributed by atoms with Gasteiger partial charge in [0.25, 0.3) is 0 Å². The number of thiophene rings is 1. The molecule has 0 N–H and O–H groups in total. The number of furan rings is 1. The monoisotopic (exact) mass is 655 g/mol. The summed E-state index contributed by atoms with van der Waals surface area (Å²) < 4.78 is 8.87. The molecule has 6 aromatic rings. The molecule has 49 heavy (non-hydrogen) atoms. The zero-order chi connectivity index (χ0) is 33.1. The van der Waals surface area contributed by atoms with E-state index in [-0.39, 0.29) is 5.41 Å². The predicted octanol–water partition coefficient (Wildman–Crippen LogP) is 11.9. The highest BCUT2D eigenvalue weighted by Crippen LogP contribution is 2.47. The Morgan fingerprint density at radius 2 is 1.55 bits per heavy atom. The molecule has 1 unspecified atom stereocenters. The molecule has 3 aliphatic carbocycles. The van der Waals surface area contributed by atoms with E-state index in [0.717, 1.165) is 49.0 Å². The van der Waals surface area contributed by atoms with Gasteiger partial charge in [-0.15, -0.1) is 11.3 Å². The molecule has 0 amide bonds. The van der Waals surface area contributed by atoms with Gasteiger partial charge in [-0.05, 0) is 108 Å². The van der Waals surface area contributed by atoms with Crippen LogP contribution in [0.1, 0.15) is 80.4 Å². The van der Waals surface area contributed by atoms with E-state index in [4.69, 9.17) is 4.42 Å². The van der Waals surface area contributed by atoms with Crippen LogP contribution >= 0.6 is 11.3 Å². The van der Waals surface area contributed by atoms with Gasteiger partial charge in [-0.3, -0.25) is 0 Å². The first kappa shape index (κ1) is 30.2. The number of nitrogens with zero attached hydrogens (tertiary/aromatic N) is 1. The average Bonchev–Trinajstić information content (AvgIpc) is 3.71. The molecule has 0 aliphatic heterocycles. The van der Waals surface area contributed by atoms with Crippen LogP contribution in [0.25, 0.3) is 44.0 Å². The Bertz CT molecular complexity index is 2440. The molecular weight excluding hydrogens is 615 g/mol. The molecule has 9 rings (SSSR count). The topological polar surface area (TPSA) is 16.4 Å². The van der Waals surface area contributed by atoms with Gasteiger partial charge in [0, 0.05) is 43.5 Å². The van der Waals surface area contributed by atoms with Crippen molar-refractivity contribution < 1.29 is 4.42 Å². The van der Waals surface area contributed by atoms with Crippen molar-refractivity contribution in [1.29, 1.82) is 0 Å². The Hall–Kier alpha value is -4.86. The molecule has 2 aromatic heterocycles. The lowest BCUT2D eigenvalue weighted by Crippen LogP contribution is -2.27. The molecule has 0 bridgehead atoms. The minimum Gasteiger partial charge on any atom is -0.457 e. The van der Waals surface area contributed by atoms with Crippen LogP contribution in [0.15, 0.2) is 114 Å². The van der Waals surface area contributed by atoms with Gasteiger partial charge >= 0.3 is 0 Å². The fourth-order valence-corrected chi connectivity index (χ4v) is 9.19. The highest BCUT2D eigenvalue weighted by atomic mass is 32.1. The number of hydrogen-bond acceptors (Lipinski definition) is 3. The van der Waals surface area contributed by atoms with Crippen LogP contribution in [0.3, 0.4) is 0 Å². The molecule has 1 atom stereocenters. The van der Waals surface area contributed by atoms with Gasteiger partial charge in [-0.25, -0.2) is 0 Å². The van der Waals surface area contributed by atoms with Gasteiger partial charge in [0.15, 0.2) is 0 Å². The third-order valence-electron chi connectivity index (χ3n) is 10.4. The van der Waals surface area contributed by atoms with E-state index in [1.54, 1.807) is 0 Å². The minimum atomic E-state index is 0.0535. The van der Waals surface area contributed by atoms with Gasteiger partial charge in [-0.2, -0.15) is 0 Å². The van der Waals surface area contributed by atoms with Crippen molar-refractivity contribution >= 4 is 72.4 Å². The average molecular weight is 656 g/mol. The van der Waals surface area contributed by atoms with Crippen LogP contribution in [-0.4, -0.2) is 0 Å². The first-order valence-corrected chi connectivity index (χ1v) is 18.6. The standard InChI is InChI=1S/C46H41NOS/c1-46(2,3)39-15-10-18-43-44(39)37-14-9-16-40(45(37)49-43)47(34-24-19-31(20-25-34)30-11-5-4-6-12-30)35-26-21-32(22-27-35)33-23-28-42-38(29-33)36-13-7-8-17-41(36)48-42/h5,8-12,14-22,24-29,33H,4,6-7,13,23H2,1-3H3. The van der Waals surface area contributed by atoms with E-state index in [0.29, 0.717) is 5.92 Å². The Kier molecular flexibility index (Phi) is 7.36. The Labute approximate surface area is 292 Å².